The van der Waals surface area contributed by atoms with Crippen LogP contribution in [0.1, 0.15) is 13.3 Å². The Balaban J connectivity index is 2.26. The average molecular weight is 101 g/mol. The molecule has 2 atom stereocenters. The van der Waals surface area contributed by atoms with E-state index in [1.807, 2.05) is 0 Å². The molecular formula is C5H11NO. The number of quaternary nitrogens is 1. The number of hydrogen-bond donors (Lipinski definition) is 1. The predicted octanol–water partition coefficient (Wildman–Crippen LogP) is -0.591. The van der Waals surface area contributed by atoms with Gasteiger partial charge in [-0.3, -0.25) is 0 Å². The van der Waals surface area contributed by atoms with Gasteiger partial charge in [-0.15, -0.1) is 0 Å². The second kappa shape index (κ2) is 1.80. The fourth-order valence-corrected chi connectivity index (χ4v) is 1.00. The van der Waals surface area contributed by atoms with Crippen LogP contribution in [0.3, 0.4) is 0 Å². The second-order valence-corrected chi connectivity index (χ2v) is 2.39. The topological polar surface area (TPSA) is 27.5 Å². The third kappa shape index (κ3) is 1.14. The summed E-state index contributed by atoms with van der Waals surface area (Å²) >= 11 is 0. The molecule has 42 valence electrons. The molecule has 0 spiro atoms. The number of nitrogens with one attached hydrogen (secondary N) is 1. The summed E-state index contributed by atoms with van der Waals surface area (Å²) in [4.78, 5) is 0. The molecule has 1 unspecified atom stereocenters. The summed E-state index contributed by atoms with van der Waals surface area (Å²) in [6, 6.07) is 0. The summed E-state index contributed by atoms with van der Waals surface area (Å²) in [5.41, 5.74) is 0. The highest BCUT2D eigenvalue weighted by atomic mass is 16.5. The molecule has 2 nitrogen and oxygen atoms in total. The largest absolute Gasteiger partial charge is 0.634 e. The molecule has 0 bridgehead atoms. The summed E-state index contributed by atoms with van der Waals surface area (Å²) in [5, 5.41) is 10.9. The zero-order valence-electron chi connectivity index (χ0n) is 4.61. The van der Waals surface area contributed by atoms with Crippen LogP contribution in [0.2, 0.25) is 0 Å². The van der Waals surface area contributed by atoms with E-state index in [0.29, 0.717) is 11.0 Å². The maximum atomic E-state index is 10.5. The SMILES string of the molecule is C[C@@H]1CC[NH+]([O-])C1. The number of hydrogen-bond acceptors (Lipinski definition) is 1. The van der Waals surface area contributed by atoms with Crippen LogP contribution in [0, 0.1) is 11.1 Å². The number of hydroxylamine groups is 2. The van der Waals surface area contributed by atoms with E-state index in [1.165, 1.54) is 0 Å². The van der Waals surface area contributed by atoms with Crippen LogP contribution < -0.4 is 5.06 Å². The van der Waals surface area contributed by atoms with Crippen molar-refractivity contribution in [2.24, 2.45) is 5.92 Å². The Morgan fingerprint density at radius 3 is 2.57 bits per heavy atom. The van der Waals surface area contributed by atoms with Gasteiger partial charge in [-0.1, -0.05) is 6.92 Å². The van der Waals surface area contributed by atoms with E-state index in [2.05, 4.69) is 6.92 Å². The Labute approximate surface area is 43.7 Å². The summed E-state index contributed by atoms with van der Waals surface area (Å²) in [6.45, 7) is 3.80. The highest BCUT2D eigenvalue weighted by molar-refractivity contribution is 4.54. The van der Waals surface area contributed by atoms with E-state index in [0.717, 1.165) is 19.5 Å². The molecule has 1 aliphatic rings. The summed E-state index contributed by atoms with van der Waals surface area (Å²) in [6.07, 6.45) is 1.12. The molecule has 0 aromatic carbocycles. The molecular weight excluding hydrogens is 90.1 g/mol. The Hall–Kier alpha value is -0.0800. The first kappa shape index (κ1) is 5.06. The average Bonchev–Trinajstić information content (AvgIpc) is 1.87. The van der Waals surface area contributed by atoms with Crippen molar-refractivity contribution in [3.63, 3.8) is 0 Å². The summed E-state index contributed by atoms with van der Waals surface area (Å²) in [7, 11) is 0. The lowest BCUT2D eigenvalue weighted by Crippen LogP contribution is -3.05. The fourth-order valence-electron chi connectivity index (χ4n) is 1.00. The van der Waals surface area contributed by atoms with Crippen LogP contribution in [0.5, 0.6) is 0 Å². The van der Waals surface area contributed by atoms with Crippen LogP contribution in [0.15, 0.2) is 0 Å². The van der Waals surface area contributed by atoms with E-state index in [-0.39, 0.29) is 0 Å². The number of rotatable bonds is 0. The zero-order chi connectivity index (χ0) is 5.28. The fraction of sp³-hybridized carbons (Fsp3) is 1.00. The van der Waals surface area contributed by atoms with Crippen LogP contribution in [0.25, 0.3) is 0 Å². The van der Waals surface area contributed by atoms with Crippen LogP contribution in [-0.2, 0) is 0 Å². The van der Waals surface area contributed by atoms with E-state index in [1.54, 1.807) is 0 Å². The van der Waals surface area contributed by atoms with Gasteiger partial charge in [0.05, 0.1) is 13.1 Å². The van der Waals surface area contributed by atoms with Gasteiger partial charge in [-0.25, -0.2) is 0 Å². The first-order chi connectivity index (χ1) is 3.29. The Morgan fingerprint density at radius 1 is 1.71 bits per heavy atom. The van der Waals surface area contributed by atoms with E-state index >= 15 is 0 Å². The lowest BCUT2D eigenvalue weighted by Gasteiger charge is -2.13. The van der Waals surface area contributed by atoms with Crippen molar-refractivity contribution in [3.05, 3.63) is 5.21 Å². The first-order valence-corrected chi connectivity index (χ1v) is 2.81. The molecule has 0 aromatic heterocycles. The molecule has 1 aliphatic heterocycles. The van der Waals surface area contributed by atoms with E-state index < -0.39 is 0 Å². The lowest BCUT2D eigenvalue weighted by molar-refractivity contribution is -0.835. The Kier molecular flexibility index (Phi) is 1.30. The molecule has 0 aromatic rings. The zero-order valence-corrected chi connectivity index (χ0v) is 4.61. The third-order valence-corrected chi connectivity index (χ3v) is 1.49. The molecule has 1 rings (SSSR count). The maximum Gasteiger partial charge on any atom is 0.0796 e. The molecule has 0 radical (unpaired) electrons. The highest BCUT2D eigenvalue weighted by Crippen LogP contribution is 1.99. The van der Waals surface area contributed by atoms with Crippen molar-refractivity contribution in [3.8, 4) is 0 Å². The van der Waals surface area contributed by atoms with Crippen molar-refractivity contribution in [2.75, 3.05) is 13.1 Å². The molecule has 7 heavy (non-hydrogen) atoms. The van der Waals surface area contributed by atoms with Crippen molar-refractivity contribution in [2.45, 2.75) is 13.3 Å². The van der Waals surface area contributed by atoms with Crippen LogP contribution in [0.4, 0.5) is 0 Å². The summed E-state index contributed by atoms with van der Waals surface area (Å²) in [5.74, 6) is 0.674. The van der Waals surface area contributed by atoms with Gasteiger partial charge in [0.2, 0.25) is 0 Å². The van der Waals surface area contributed by atoms with Gasteiger partial charge < -0.3 is 10.3 Å². The van der Waals surface area contributed by atoms with Gasteiger partial charge >= 0.3 is 0 Å². The normalized spacial score (nSPS) is 42.0. The van der Waals surface area contributed by atoms with Crippen molar-refractivity contribution < 1.29 is 5.06 Å². The molecule has 2 heteroatoms. The predicted molar refractivity (Wildman–Crippen MR) is 27.8 cm³/mol. The molecule has 0 aliphatic carbocycles. The standard InChI is InChI=1S/C5H11NO/c1-5-2-3-6(7)4-5/h5-6H,2-4H2,1H3/t5-/m1/s1. The van der Waals surface area contributed by atoms with Gasteiger partial charge in [0, 0.05) is 12.3 Å². The van der Waals surface area contributed by atoms with E-state index in [4.69, 9.17) is 0 Å². The van der Waals surface area contributed by atoms with E-state index in [9.17, 15) is 5.21 Å². The van der Waals surface area contributed by atoms with Crippen LogP contribution >= 0.6 is 0 Å². The molecule has 1 saturated heterocycles. The van der Waals surface area contributed by atoms with Crippen molar-refractivity contribution in [1.29, 1.82) is 0 Å². The van der Waals surface area contributed by atoms with Gasteiger partial charge in [0.25, 0.3) is 0 Å². The van der Waals surface area contributed by atoms with Gasteiger partial charge in [0.15, 0.2) is 0 Å². The van der Waals surface area contributed by atoms with Gasteiger partial charge in [-0.05, 0) is 0 Å². The minimum Gasteiger partial charge on any atom is -0.634 e. The van der Waals surface area contributed by atoms with Gasteiger partial charge in [-0.2, -0.15) is 0 Å². The quantitative estimate of drug-likeness (QED) is 0.406. The minimum atomic E-state index is 0.451. The van der Waals surface area contributed by atoms with Gasteiger partial charge in [0.1, 0.15) is 0 Å². The summed E-state index contributed by atoms with van der Waals surface area (Å²) < 4.78 is 0. The highest BCUT2D eigenvalue weighted by Gasteiger charge is 2.14. The minimum absolute atomic E-state index is 0.451. The molecule has 0 saturated carbocycles. The molecule has 1 N–H and O–H groups in total. The molecule has 0 amide bonds. The second-order valence-electron chi connectivity index (χ2n) is 2.39. The van der Waals surface area contributed by atoms with Crippen LogP contribution in [-0.4, -0.2) is 13.1 Å². The smallest absolute Gasteiger partial charge is 0.0796 e. The first-order valence-electron chi connectivity index (χ1n) is 2.81. The lowest BCUT2D eigenvalue weighted by atomic mass is 10.2. The van der Waals surface area contributed by atoms with Crippen molar-refractivity contribution >= 4 is 0 Å². The maximum absolute atomic E-state index is 10.5. The van der Waals surface area contributed by atoms with Crippen molar-refractivity contribution in [1.82, 2.24) is 0 Å². The molecule has 1 heterocycles. The monoisotopic (exact) mass is 101 g/mol. The Morgan fingerprint density at radius 2 is 2.43 bits per heavy atom. The molecule has 1 fully saturated rings. The Bertz CT molecular complexity index is 57.1. The third-order valence-electron chi connectivity index (χ3n) is 1.49.